The summed E-state index contributed by atoms with van der Waals surface area (Å²) in [5.74, 6) is 0.167. The first-order valence-corrected chi connectivity index (χ1v) is 11.4. The Morgan fingerprint density at radius 1 is 1.03 bits per heavy atom. The topological polar surface area (TPSA) is 95.8 Å². The SMILES string of the molecule is CC(C)C(Nc1ccc(S(=O)(=O)N2CCN(C)CC2)cc1[N+](=O)[O-])c1ccccc1. The number of nitrogens with zero attached hydrogens (tertiary/aromatic N) is 3. The smallest absolute Gasteiger partial charge is 0.293 e. The van der Waals surface area contributed by atoms with Crippen LogP contribution in [-0.4, -0.2) is 55.8 Å². The normalized spacial score (nSPS) is 17.1. The van der Waals surface area contributed by atoms with E-state index in [4.69, 9.17) is 0 Å². The van der Waals surface area contributed by atoms with Crippen LogP contribution in [0.15, 0.2) is 53.4 Å². The Morgan fingerprint density at radius 2 is 1.67 bits per heavy atom. The summed E-state index contributed by atoms with van der Waals surface area (Å²) >= 11 is 0. The quantitative estimate of drug-likeness (QED) is 0.533. The third kappa shape index (κ3) is 4.80. The minimum atomic E-state index is -3.78. The maximum atomic E-state index is 13.0. The van der Waals surface area contributed by atoms with Gasteiger partial charge in [0, 0.05) is 32.2 Å². The second-order valence-corrected chi connectivity index (χ2v) is 9.86. The molecule has 1 N–H and O–H groups in total. The van der Waals surface area contributed by atoms with Crippen LogP contribution in [0.4, 0.5) is 11.4 Å². The highest BCUT2D eigenvalue weighted by atomic mass is 32.2. The number of rotatable bonds is 7. The molecule has 3 rings (SSSR count). The molecule has 8 nitrogen and oxygen atoms in total. The Morgan fingerprint density at radius 3 is 2.23 bits per heavy atom. The molecule has 30 heavy (non-hydrogen) atoms. The molecule has 2 aromatic carbocycles. The first kappa shape index (κ1) is 22.2. The highest BCUT2D eigenvalue weighted by Crippen LogP contribution is 2.34. The fourth-order valence-corrected chi connectivity index (χ4v) is 5.03. The van der Waals surface area contributed by atoms with E-state index in [1.165, 1.54) is 22.5 Å². The summed E-state index contributed by atoms with van der Waals surface area (Å²) < 4.78 is 27.4. The Balaban J connectivity index is 1.93. The maximum absolute atomic E-state index is 13.0. The molecule has 1 fully saturated rings. The Bertz CT molecular complexity index is 987. The first-order chi connectivity index (χ1) is 14.2. The van der Waals surface area contributed by atoms with E-state index < -0.39 is 14.9 Å². The lowest BCUT2D eigenvalue weighted by molar-refractivity contribution is -0.384. The van der Waals surface area contributed by atoms with Gasteiger partial charge in [-0.1, -0.05) is 44.2 Å². The van der Waals surface area contributed by atoms with Crippen LogP contribution in [0.1, 0.15) is 25.5 Å². The zero-order chi connectivity index (χ0) is 21.9. The third-order valence-electron chi connectivity index (χ3n) is 5.40. The van der Waals surface area contributed by atoms with E-state index in [0.29, 0.717) is 31.9 Å². The average molecular weight is 433 g/mol. The van der Waals surface area contributed by atoms with Gasteiger partial charge in [-0.05, 0) is 30.7 Å². The number of anilines is 1. The Kier molecular flexibility index (Phi) is 6.74. The number of likely N-dealkylation sites (N-methyl/N-ethyl adjacent to an activating group) is 1. The Labute approximate surface area is 177 Å². The number of nitrogens with one attached hydrogen (secondary N) is 1. The van der Waals surface area contributed by atoms with Crippen molar-refractivity contribution >= 4 is 21.4 Å². The molecule has 9 heteroatoms. The molecule has 1 heterocycles. The van der Waals surface area contributed by atoms with E-state index in [-0.39, 0.29) is 22.5 Å². The number of piperazine rings is 1. The minimum absolute atomic E-state index is 0.0508. The van der Waals surface area contributed by atoms with Crippen molar-refractivity contribution in [3.63, 3.8) is 0 Å². The standard InChI is InChI=1S/C21H28N4O4S/c1-16(2)21(17-7-5-4-6-8-17)22-19-10-9-18(15-20(19)25(26)27)30(28,29)24-13-11-23(3)12-14-24/h4-10,15-16,21-22H,11-14H2,1-3H3. The van der Waals surface area contributed by atoms with Gasteiger partial charge in [-0.15, -0.1) is 0 Å². The minimum Gasteiger partial charge on any atom is -0.372 e. The van der Waals surface area contributed by atoms with E-state index in [0.717, 1.165) is 5.56 Å². The molecule has 2 aromatic rings. The molecule has 1 atom stereocenters. The van der Waals surface area contributed by atoms with Gasteiger partial charge in [0.05, 0.1) is 15.9 Å². The number of sulfonamides is 1. The van der Waals surface area contributed by atoms with Crippen molar-refractivity contribution in [3.05, 3.63) is 64.2 Å². The molecule has 0 saturated carbocycles. The largest absolute Gasteiger partial charge is 0.372 e. The van der Waals surface area contributed by atoms with Crippen molar-refractivity contribution in [2.75, 3.05) is 38.5 Å². The number of hydrogen-bond donors (Lipinski definition) is 1. The molecule has 1 unspecified atom stereocenters. The third-order valence-corrected chi connectivity index (χ3v) is 7.30. The highest BCUT2D eigenvalue weighted by Gasteiger charge is 2.30. The van der Waals surface area contributed by atoms with Crippen LogP contribution < -0.4 is 5.32 Å². The van der Waals surface area contributed by atoms with Gasteiger partial charge in [-0.25, -0.2) is 8.42 Å². The molecule has 0 amide bonds. The number of nitro benzene ring substituents is 1. The Hall–Kier alpha value is -2.49. The summed E-state index contributed by atoms with van der Waals surface area (Å²) in [5, 5.41) is 15.0. The van der Waals surface area contributed by atoms with Gasteiger partial charge in [0.2, 0.25) is 10.0 Å². The van der Waals surface area contributed by atoms with Crippen LogP contribution >= 0.6 is 0 Å². The van der Waals surface area contributed by atoms with E-state index in [9.17, 15) is 18.5 Å². The number of nitro groups is 1. The predicted molar refractivity (Wildman–Crippen MR) is 117 cm³/mol. The van der Waals surface area contributed by atoms with Crippen molar-refractivity contribution < 1.29 is 13.3 Å². The average Bonchev–Trinajstić information content (AvgIpc) is 2.72. The summed E-state index contributed by atoms with van der Waals surface area (Å²) in [6, 6.07) is 13.7. The van der Waals surface area contributed by atoms with Crippen LogP contribution in [0.25, 0.3) is 0 Å². The van der Waals surface area contributed by atoms with Crippen molar-refractivity contribution in [3.8, 4) is 0 Å². The van der Waals surface area contributed by atoms with E-state index in [1.54, 1.807) is 0 Å². The van der Waals surface area contributed by atoms with Gasteiger partial charge in [0.25, 0.3) is 5.69 Å². The summed E-state index contributed by atoms with van der Waals surface area (Å²) in [6.07, 6.45) is 0. The lowest BCUT2D eigenvalue weighted by Crippen LogP contribution is -2.47. The second-order valence-electron chi connectivity index (χ2n) is 7.92. The monoisotopic (exact) mass is 432 g/mol. The van der Waals surface area contributed by atoms with Gasteiger partial charge in [-0.3, -0.25) is 10.1 Å². The summed E-state index contributed by atoms with van der Waals surface area (Å²) in [4.78, 5) is 13.2. The zero-order valence-electron chi connectivity index (χ0n) is 17.5. The van der Waals surface area contributed by atoms with E-state index in [1.807, 2.05) is 51.2 Å². The lowest BCUT2D eigenvalue weighted by Gasteiger charge is -2.31. The van der Waals surface area contributed by atoms with Crippen LogP contribution in [0.5, 0.6) is 0 Å². The second kappa shape index (κ2) is 9.11. The van der Waals surface area contributed by atoms with Gasteiger partial charge in [0.15, 0.2) is 0 Å². The van der Waals surface area contributed by atoms with Crippen molar-refractivity contribution in [2.24, 2.45) is 5.92 Å². The van der Waals surface area contributed by atoms with Gasteiger partial charge in [-0.2, -0.15) is 4.31 Å². The fourth-order valence-electron chi connectivity index (χ4n) is 3.59. The maximum Gasteiger partial charge on any atom is 0.293 e. The number of hydrogen-bond acceptors (Lipinski definition) is 6. The molecule has 0 aliphatic carbocycles. The van der Waals surface area contributed by atoms with Crippen LogP contribution in [0.3, 0.4) is 0 Å². The molecule has 162 valence electrons. The summed E-state index contributed by atoms with van der Waals surface area (Å²) in [5.41, 5.74) is 1.07. The highest BCUT2D eigenvalue weighted by molar-refractivity contribution is 7.89. The summed E-state index contributed by atoms with van der Waals surface area (Å²) in [6.45, 7) is 6.07. The predicted octanol–water partition coefficient (Wildman–Crippen LogP) is 3.34. The van der Waals surface area contributed by atoms with Gasteiger partial charge >= 0.3 is 0 Å². The van der Waals surface area contributed by atoms with Crippen molar-refractivity contribution in [1.29, 1.82) is 0 Å². The lowest BCUT2D eigenvalue weighted by atomic mass is 9.95. The van der Waals surface area contributed by atoms with Crippen LogP contribution in [0, 0.1) is 16.0 Å². The number of benzene rings is 2. The molecule has 0 bridgehead atoms. The molecule has 0 aromatic heterocycles. The zero-order valence-corrected chi connectivity index (χ0v) is 18.3. The van der Waals surface area contributed by atoms with Gasteiger partial charge in [0.1, 0.15) is 5.69 Å². The van der Waals surface area contributed by atoms with E-state index >= 15 is 0 Å². The molecule has 1 saturated heterocycles. The first-order valence-electron chi connectivity index (χ1n) is 9.99. The van der Waals surface area contributed by atoms with Crippen molar-refractivity contribution in [2.45, 2.75) is 24.8 Å². The molecule has 1 aliphatic rings. The molecule has 0 radical (unpaired) electrons. The molecular formula is C21H28N4O4S. The van der Waals surface area contributed by atoms with Crippen molar-refractivity contribution in [1.82, 2.24) is 9.21 Å². The fraction of sp³-hybridized carbons (Fsp3) is 0.429. The molecule has 0 spiro atoms. The van der Waals surface area contributed by atoms with Gasteiger partial charge < -0.3 is 10.2 Å². The van der Waals surface area contributed by atoms with E-state index in [2.05, 4.69) is 10.2 Å². The molecular weight excluding hydrogens is 404 g/mol. The summed E-state index contributed by atoms with van der Waals surface area (Å²) in [7, 11) is -1.84. The van der Waals surface area contributed by atoms with Crippen LogP contribution in [0.2, 0.25) is 0 Å². The molecule has 1 aliphatic heterocycles. The van der Waals surface area contributed by atoms with Crippen LogP contribution in [-0.2, 0) is 10.0 Å².